The summed E-state index contributed by atoms with van der Waals surface area (Å²) in [6, 6.07) is 18.2. The highest BCUT2D eigenvalue weighted by Crippen LogP contribution is 2.19. The van der Waals surface area contributed by atoms with E-state index in [0.29, 0.717) is 11.4 Å². The van der Waals surface area contributed by atoms with Gasteiger partial charge in [-0.3, -0.25) is 4.79 Å². The molecular formula is C20H20N2O4S. The molecule has 3 aromatic carbocycles. The summed E-state index contributed by atoms with van der Waals surface area (Å²) in [7, 11) is -2.28. The van der Waals surface area contributed by atoms with Gasteiger partial charge in [0.05, 0.1) is 18.0 Å². The van der Waals surface area contributed by atoms with E-state index in [1.165, 1.54) is 13.0 Å². The quantitative estimate of drug-likeness (QED) is 0.684. The van der Waals surface area contributed by atoms with Gasteiger partial charge in [0.2, 0.25) is 15.9 Å². The van der Waals surface area contributed by atoms with Gasteiger partial charge in [0, 0.05) is 5.69 Å². The van der Waals surface area contributed by atoms with E-state index in [1.54, 1.807) is 43.5 Å². The molecule has 0 aliphatic carbocycles. The van der Waals surface area contributed by atoms with Crippen LogP contribution in [-0.4, -0.2) is 27.5 Å². The Morgan fingerprint density at radius 2 is 1.63 bits per heavy atom. The number of fused-ring (bicyclic) bond motifs is 1. The number of methoxy groups -OCH3 is 1. The Morgan fingerprint density at radius 3 is 2.30 bits per heavy atom. The zero-order chi connectivity index (χ0) is 19.4. The summed E-state index contributed by atoms with van der Waals surface area (Å²) in [4.78, 5) is 12.4. The number of carbonyl (C=O) groups excluding carboxylic acids is 1. The minimum Gasteiger partial charge on any atom is -0.497 e. The fourth-order valence-electron chi connectivity index (χ4n) is 2.61. The second-order valence-electron chi connectivity index (χ2n) is 6.07. The Balaban J connectivity index is 1.72. The summed E-state index contributed by atoms with van der Waals surface area (Å²) in [5, 5.41) is 4.44. The van der Waals surface area contributed by atoms with Crippen molar-refractivity contribution in [3.8, 4) is 5.75 Å². The average Bonchev–Trinajstić information content (AvgIpc) is 2.67. The van der Waals surface area contributed by atoms with E-state index in [1.807, 2.05) is 24.3 Å². The third-order valence-electron chi connectivity index (χ3n) is 4.11. The van der Waals surface area contributed by atoms with E-state index in [9.17, 15) is 13.2 Å². The van der Waals surface area contributed by atoms with Crippen LogP contribution < -0.4 is 14.8 Å². The van der Waals surface area contributed by atoms with Crippen molar-refractivity contribution < 1.29 is 17.9 Å². The molecular weight excluding hydrogens is 364 g/mol. The Bertz CT molecular complexity index is 1060. The first kappa shape index (κ1) is 18.9. The molecule has 1 amide bonds. The highest BCUT2D eigenvalue weighted by Gasteiger charge is 2.22. The number of amides is 1. The average molecular weight is 384 g/mol. The van der Waals surface area contributed by atoms with Crippen molar-refractivity contribution in [3.63, 3.8) is 0 Å². The molecule has 0 saturated carbocycles. The zero-order valence-corrected chi connectivity index (χ0v) is 15.8. The summed E-state index contributed by atoms with van der Waals surface area (Å²) >= 11 is 0. The summed E-state index contributed by atoms with van der Waals surface area (Å²) in [5.41, 5.74) is 0.553. The molecule has 0 bridgehead atoms. The highest BCUT2D eigenvalue weighted by atomic mass is 32.2. The maximum Gasteiger partial charge on any atom is 0.242 e. The maximum absolute atomic E-state index is 12.6. The lowest BCUT2D eigenvalue weighted by Gasteiger charge is -2.15. The molecule has 1 atom stereocenters. The lowest BCUT2D eigenvalue weighted by atomic mass is 10.1. The number of benzene rings is 3. The first-order valence-corrected chi connectivity index (χ1v) is 9.83. The standard InChI is InChI=1S/C20H20N2O4S/c1-14(20(23)21-17-8-10-18(26-2)11-9-17)22-27(24,25)19-12-7-15-5-3-4-6-16(15)13-19/h3-14,22H,1-2H3,(H,21,23)/t14-/m1/s1. The Hall–Kier alpha value is -2.90. The van der Waals surface area contributed by atoms with Crippen molar-refractivity contribution in [2.24, 2.45) is 0 Å². The fourth-order valence-corrected chi connectivity index (χ4v) is 3.85. The Kier molecular flexibility index (Phi) is 5.43. The van der Waals surface area contributed by atoms with Crippen LogP contribution in [0.25, 0.3) is 10.8 Å². The molecule has 6 nitrogen and oxygen atoms in total. The van der Waals surface area contributed by atoms with Crippen LogP contribution >= 0.6 is 0 Å². The molecule has 3 aromatic rings. The number of rotatable bonds is 6. The van der Waals surface area contributed by atoms with Crippen LogP contribution in [0.4, 0.5) is 5.69 Å². The van der Waals surface area contributed by atoms with Gasteiger partial charge in [0.25, 0.3) is 0 Å². The number of nitrogens with one attached hydrogen (secondary N) is 2. The van der Waals surface area contributed by atoms with Crippen LogP contribution in [-0.2, 0) is 14.8 Å². The van der Waals surface area contributed by atoms with Crippen molar-refractivity contribution >= 4 is 32.4 Å². The number of ether oxygens (including phenoxy) is 1. The minimum atomic E-state index is -3.83. The number of carbonyl (C=O) groups is 1. The maximum atomic E-state index is 12.6. The normalized spacial score (nSPS) is 12.5. The highest BCUT2D eigenvalue weighted by molar-refractivity contribution is 7.89. The van der Waals surface area contributed by atoms with E-state index >= 15 is 0 Å². The van der Waals surface area contributed by atoms with Crippen LogP contribution in [0.1, 0.15) is 6.92 Å². The summed E-state index contributed by atoms with van der Waals surface area (Å²) < 4.78 is 32.7. The van der Waals surface area contributed by atoms with Crippen LogP contribution in [0.15, 0.2) is 71.6 Å². The van der Waals surface area contributed by atoms with Crippen LogP contribution in [0.5, 0.6) is 5.75 Å². The van der Waals surface area contributed by atoms with Crippen LogP contribution in [0.2, 0.25) is 0 Å². The van der Waals surface area contributed by atoms with Gasteiger partial charge < -0.3 is 10.1 Å². The molecule has 0 saturated heterocycles. The van der Waals surface area contributed by atoms with Crippen LogP contribution in [0.3, 0.4) is 0 Å². The van der Waals surface area contributed by atoms with E-state index in [4.69, 9.17) is 4.74 Å². The van der Waals surface area contributed by atoms with Crippen LogP contribution in [0, 0.1) is 0 Å². The molecule has 3 rings (SSSR count). The van der Waals surface area contributed by atoms with Gasteiger partial charge in [-0.05, 0) is 54.1 Å². The lowest BCUT2D eigenvalue weighted by molar-refractivity contribution is -0.117. The molecule has 0 spiro atoms. The van der Waals surface area contributed by atoms with E-state index in [2.05, 4.69) is 10.0 Å². The van der Waals surface area contributed by atoms with Crippen molar-refractivity contribution in [2.75, 3.05) is 12.4 Å². The second kappa shape index (κ2) is 7.77. The minimum absolute atomic E-state index is 0.116. The number of sulfonamides is 1. The topological polar surface area (TPSA) is 84.5 Å². The molecule has 0 aromatic heterocycles. The number of anilines is 1. The van der Waals surface area contributed by atoms with Crippen molar-refractivity contribution in [2.45, 2.75) is 17.9 Å². The van der Waals surface area contributed by atoms with Gasteiger partial charge in [-0.1, -0.05) is 30.3 Å². The van der Waals surface area contributed by atoms with Gasteiger partial charge in [-0.15, -0.1) is 0 Å². The molecule has 0 aliphatic heterocycles. The number of hydrogen-bond acceptors (Lipinski definition) is 4. The van der Waals surface area contributed by atoms with Gasteiger partial charge in [-0.2, -0.15) is 4.72 Å². The molecule has 0 unspecified atom stereocenters. The molecule has 140 valence electrons. The molecule has 0 fully saturated rings. The van der Waals surface area contributed by atoms with E-state index < -0.39 is 22.0 Å². The molecule has 0 heterocycles. The third kappa shape index (κ3) is 4.45. The SMILES string of the molecule is COc1ccc(NC(=O)[C@@H](C)NS(=O)(=O)c2ccc3ccccc3c2)cc1. The predicted octanol–water partition coefficient (Wildman–Crippen LogP) is 3.15. The zero-order valence-electron chi connectivity index (χ0n) is 15.0. The number of hydrogen-bond donors (Lipinski definition) is 2. The molecule has 2 N–H and O–H groups in total. The molecule has 27 heavy (non-hydrogen) atoms. The first-order chi connectivity index (χ1) is 12.9. The summed E-state index contributed by atoms with van der Waals surface area (Å²) in [6.07, 6.45) is 0. The second-order valence-corrected chi connectivity index (χ2v) is 7.78. The van der Waals surface area contributed by atoms with Crippen molar-refractivity contribution in [3.05, 3.63) is 66.7 Å². The van der Waals surface area contributed by atoms with Crippen molar-refractivity contribution in [1.82, 2.24) is 4.72 Å². The Labute approximate surface area is 158 Å². The Morgan fingerprint density at radius 1 is 0.963 bits per heavy atom. The smallest absolute Gasteiger partial charge is 0.242 e. The summed E-state index contributed by atoms with van der Waals surface area (Å²) in [5.74, 6) is 0.211. The molecule has 0 aliphatic rings. The van der Waals surface area contributed by atoms with E-state index in [0.717, 1.165) is 10.8 Å². The summed E-state index contributed by atoms with van der Waals surface area (Å²) in [6.45, 7) is 1.50. The fraction of sp³-hybridized carbons (Fsp3) is 0.150. The largest absolute Gasteiger partial charge is 0.497 e. The monoisotopic (exact) mass is 384 g/mol. The van der Waals surface area contributed by atoms with Gasteiger partial charge in [0.15, 0.2) is 0 Å². The first-order valence-electron chi connectivity index (χ1n) is 8.35. The van der Waals surface area contributed by atoms with Gasteiger partial charge in [-0.25, -0.2) is 8.42 Å². The van der Waals surface area contributed by atoms with Gasteiger partial charge in [0.1, 0.15) is 5.75 Å². The van der Waals surface area contributed by atoms with Crippen molar-refractivity contribution in [1.29, 1.82) is 0 Å². The lowest BCUT2D eigenvalue weighted by Crippen LogP contribution is -2.41. The predicted molar refractivity (Wildman–Crippen MR) is 105 cm³/mol. The molecule has 7 heteroatoms. The molecule has 0 radical (unpaired) electrons. The van der Waals surface area contributed by atoms with E-state index in [-0.39, 0.29) is 4.90 Å². The van der Waals surface area contributed by atoms with Gasteiger partial charge >= 0.3 is 0 Å². The third-order valence-corrected chi connectivity index (χ3v) is 5.65.